The number of benzene rings is 2. The summed E-state index contributed by atoms with van der Waals surface area (Å²) in [5.74, 6) is 0.362. The van der Waals surface area contributed by atoms with Gasteiger partial charge in [0.05, 0.1) is 11.5 Å². The number of ether oxygens (including phenoxy) is 1. The molecule has 32 heavy (non-hydrogen) atoms. The van der Waals surface area contributed by atoms with Gasteiger partial charge in [-0.2, -0.15) is 0 Å². The SMILES string of the molecule is CCOc1ccc(/C=C/C(=O)NC(=S)Nc2ccc(S(=O)(=O)Nc3nccs3)cc2)cc1. The molecule has 1 amide bonds. The van der Waals surface area contributed by atoms with Gasteiger partial charge in [-0.15, -0.1) is 11.3 Å². The summed E-state index contributed by atoms with van der Waals surface area (Å²) in [5.41, 5.74) is 1.37. The Balaban J connectivity index is 1.52. The van der Waals surface area contributed by atoms with Crippen LogP contribution in [0.15, 0.2) is 71.1 Å². The Kier molecular flexibility index (Phi) is 7.92. The van der Waals surface area contributed by atoms with E-state index in [1.165, 1.54) is 35.7 Å². The van der Waals surface area contributed by atoms with Crippen LogP contribution in [-0.4, -0.2) is 31.0 Å². The second-order valence-electron chi connectivity index (χ2n) is 6.25. The van der Waals surface area contributed by atoms with Crippen molar-refractivity contribution in [2.45, 2.75) is 11.8 Å². The van der Waals surface area contributed by atoms with Crippen LogP contribution in [0.25, 0.3) is 6.08 Å². The van der Waals surface area contributed by atoms with E-state index < -0.39 is 15.9 Å². The Morgan fingerprint density at radius 2 is 1.88 bits per heavy atom. The number of amides is 1. The number of rotatable bonds is 8. The Morgan fingerprint density at radius 3 is 2.50 bits per heavy atom. The predicted octanol–water partition coefficient (Wildman–Crippen LogP) is 3.87. The maximum atomic E-state index is 12.4. The molecule has 0 aliphatic rings. The van der Waals surface area contributed by atoms with Crippen molar-refractivity contribution in [3.8, 4) is 5.75 Å². The number of carbonyl (C=O) groups excluding carboxylic acids is 1. The molecule has 0 aliphatic heterocycles. The van der Waals surface area contributed by atoms with Gasteiger partial charge in [-0.3, -0.25) is 14.8 Å². The number of hydrogen-bond donors (Lipinski definition) is 3. The summed E-state index contributed by atoms with van der Waals surface area (Å²) in [6, 6.07) is 13.3. The molecule has 2 aromatic carbocycles. The number of thiazole rings is 1. The van der Waals surface area contributed by atoms with Gasteiger partial charge in [-0.1, -0.05) is 12.1 Å². The van der Waals surface area contributed by atoms with Gasteiger partial charge in [0.25, 0.3) is 10.0 Å². The Morgan fingerprint density at radius 1 is 1.16 bits per heavy atom. The average Bonchev–Trinajstić information content (AvgIpc) is 3.26. The number of sulfonamides is 1. The number of anilines is 2. The molecule has 8 nitrogen and oxygen atoms in total. The van der Waals surface area contributed by atoms with Crippen molar-refractivity contribution in [1.82, 2.24) is 10.3 Å². The summed E-state index contributed by atoms with van der Waals surface area (Å²) in [6.45, 7) is 2.50. The van der Waals surface area contributed by atoms with Crippen molar-refractivity contribution in [3.63, 3.8) is 0 Å². The largest absolute Gasteiger partial charge is 0.494 e. The molecule has 0 aliphatic carbocycles. The van der Waals surface area contributed by atoms with Crippen LogP contribution in [0, 0.1) is 0 Å². The zero-order chi connectivity index (χ0) is 23.0. The van der Waals surface area contributed by atoms with Crippen LogP contribution in [0.2, 0.25) is 0 Å². The first-order valence-electron chi connectivity index (χ1n) is 9.41. The van der Waals surface area contributed by atoms with Crippen LogP contribution in [0.3, 0.4) is 0 Å². The summed E-state index contributed by atoms with van der Waals surface area (Å²) in [4.78, 5) is 16.1. The number of carbonyl (C=O) groups is 1. The zero-order valence-corrected chi connectivity index (χ0v) is 19.4. The van der Waals surface area contributed by atoms with Crippen molar-refractivity contribution in [1.29, 1.82) is 0 Å². The number of hydrogen-bond acceptors (Lipinski definition) is 7. The van der Waals surface area contributed by atoms with E-state index in [2.05, 4.69) is 20.3 Å². The fraction of sp³-hybridized carbons (Fsp3) is 0.0952. The van der Waals surface area contributed by atoms with Crippen LogP contribution < -0.4 is 20.1 Å². The minimum Gasteiger partial charge on any atom is -0.494 e. The van der Waals surface area contributed by atoms with Crippen molar-refractivity contribution >= 4 is 61.5 Å². The van der Waals surface area contributed by atoms with Crippen molar-refractivity contribution in [3.05, 3.63) is 71.7 Å². The summed E-state index contributed by atoms with van der Waals surface area (Å²) in [5, 5.41) is 7.42. The lowest BCUT2D eigenvalue weighted by atomic mass is 10.2. The van der Waals surface area contributed by atoms with E-state index in [1.807, 2.05) is 31.2 Å². The topological polar surface area (TPSA) is 109 Å². The van der Waals surface area contributed by atoms with Crippen LogP contribution in [-0.2, 0) is 14.8 Å². The monoisotopic (exact) mass is 488 g/mol. The molecule has 1 heterocycles. The minimum atomic E-state index is -3.74. The van der Waals surface area contributed by atoms with E-state index in [4.69, 9.17) is 17.0 Å². The molecule has 1 aromatic heterocycles. The highest BCUT2D eigenvalue weighted by Crippen LogP contribution is 2.19. The second-order valence-corrected chi connectivity index (χ2v) is 9.23. The molecule has 3 rings (SSSR count). The second kappa shape index (κ2) is 10.8. The van der Waals surface area contributed by atoms with Gasteiger partial charge in [-0.25, -0.2) is 13.4 Å². The molecule has 0 unspecified atom stereocenters. The van der Waals surface area contributed by atoms with E-state index in [0.29, 0.717) is 12.3 Å². The standard InChI is InChI=1S/C21H20N4O4S3/c1-2-29-17-8-3-15(4-9-17)5-12-19(26)24-20(30)23-16-6-10-18(11-7-16)32(27,28)25-21-22-13-14-31-21/h3-14H,2H2,1H3,(H,22,25)(H2,23,24,26,30)/b12-5+. The lowest BCUT2D eigenvalue weighted by molar-refractivity contribution is -0.115. The van der Waals surface area contributed by atoms with Gasteiger partial charge in [0.2, 0.25) is 5.91 Å². The van der Waals surface area contributed by atoms with Crippen molar-refractivity contribution in [2.24, 2.45) is 0 Å². The highest BCUT2D eigenvalue weighted by atomic mass is 32.2. The summed E-state index contributed by atoms with van der Waals surface area (Å²) >= 11 is 6.33. The van der Waals surface area contributed by atoms with Gasteiger partial charge >= 0.3 is 0 Å². The molecule has 0 bridgehead atoms. The van der Waals surface area contributed by atoms with Gasteiger partial charge in [0.15, 0.2) is 10.2 Å². The molecule has 0 fully saturated rings. The Bertz CT molecular complexity index is 1190. The van der Waals surface area contributed by atoms with E-state index in [9.17, 15) is 13.2 Å². The third-order valence-electron chi connectivity index (χ3n) is 3.93. The maximum absolute atomic E-state index is 12.4. The minimum absolute atomic E-state index is 0.0755. The molecule has 0 saturated carbocycles. The third kappa shape index (κ3) is 6.87. The molecular weight excluding hydrogens is 468 g/mol. The lowest BCUT2D eigenvalue weighted by Gasteiger charge is -2.09. The van der Waals surface area contributed by atoms with Crippen LogP contribution >= 0.6 is 23.6 Å². The van der Waals surface area contributed by atoms with Crippen LogP contribution in [0.5, 0.6) is 5.75 Å². The molecule has 0 radical (unpaired) electrons. The third-order valence-corrected chi connectivity index (χ3v) is 6.31. The smallest absolute Gasteiger partial charge is 0.263 e. The van der Waals surface area contributed by atoms with Gasteiger partial charge < -0.3 is 10.1 Å². The highest BCUT2D eigenvalue weighted by Gasteiger charge is 2.15. The first kappa shape index (κ1) is 23.4. The molecule has 0 spiro atoms. The van der Waals surface area contributed by atoms with Crippen molar-refractivity contribution < 1.29 is 17.9 Å². The fourth-order valence-electron chi connectivity index (χ4n) is 2.49. The Labute approximate surface area is 195 Å². The lowest BCUT2D eigenvalue weighted by Crippen LogP contribution is -2.32. The molecule has 11 heteroatoms. The predicted molar refractivity (Wildman–Crippen MR) is 130 cm³/mol. The van der Waals surface area contributed by atoms with Crippen LogP contribution in [0.1, 0.15) is 12.5 Å². The average molecular weight is 489 g/mol. The number of aromatic nitrogens is 1. The Hall–Kier alpha value is -3.28. The first-order chi connectivity index (χ1) is 15.4. The summed E-state index contributed by atoms with van der Waals surface area (Å²) in [6.07, 6.45) is 4.53. The van der Waals surface area contributed by atoms with E-state index in [0.717, 1.165) is 11.3 Å². The number of thiocarbonyl (C=S) groups is 1. The van der Waals surface area contributed by atoms with E-state index in [1.54, 1.807) is 23.6 Å². The molecule has 3 N–H and O–H groups in total. The fourth-order valence-corrected chi connectivity index (χ4v) is 4.50. The molecule has 0 atom stereocenters. The maximum Gasteiger partial charge on any atom is 0.263 e. The van der Waals surface area contributed by atoms with Gasteiger partial charge in [0.1, 0.15) is 5.75 Å². The van der Waals surface area contributed by atoms with E-state index >= 15 is 0 Å². The van der Waals surface area contributed by atoms with Gasteiger partial charge in [-0.05, 0) is 67.2 Å². The van der Waals surface area contributed by atoms with E-state index in [-0.39, 0.29) is 15.1 Å². The summed E-state index contributed by atoms with van der Waals surface area (Å²) < 4.78 is 32.5. The summed E-state index contributed by atoms with van der Waals surface area (Å²) in [7, 11) is -3.74. The quantitative estimate of drug-likeness (QED) is 0.326. The molecule has 0 saturated heterocycles. The van der Waals surface area contributed by atoms with Crippen LogP contribution in [0.4, 0.5) is 10.8 Å². The number of nitrogens with one attached hydrogen (secondary N) is 3. The molecule has 166 valence electrons. The normalized spacial score (nSPS) is 11.2. The van der Waals surface area contributed by atoms with Gasteiger partial charge in [0, 0.05) is 23.3 Å². The first-order valence-corrected chi connectivity index (χ1v) is 12.2. The van der Waals surface area contributed by atoms with Crippen molar-refractivity contribution in [2.75, 3.05) is 16.6 Å². The number of nitrogens with zero attached hydrogens (tertiary/aromatic N) is 1. The highest BCUT2D eigenvalue weighted by molar-refractivity contribution is 7.93. The zero-order valence-electron chi connectivity index (χ0n) is 16.9. The molecular formula is C21H20N4O4S3. The molecule has 3 aromatic rings.